The zero-order valence-electron chi connectivity index (χ0n) is 12.0. The lowest BCUT2D eigenvalue weighted by Crippen LogP contribution is -2.00. The lowest BCUT2D eigenvalue weighted by atomic mass is 10.1. The summed E-state index contributed by atoms with van der Waals surface area (Å²) in [6.45, 7) is 0.486. The second-order valence-corrected chi connectivity index (χ2v) is 5.14. The molecule has 3 aromatic rings. The molecule has 22 heavy (non-hydrogen) atoms. The molecule has 3 heteroatoms. The number of carboxylic acid groups (broad SMARTS) is 1. The van der Waals surface area contributed by atoms with Crippen LogP contribution in [-0.4, -0.2) is 11.1 Å². The van der Waals surface area contributed by atoms with E-state index < -0.39 is 5.97 Å². The SMILES string of the molecule is O=C(O)Cc1ccc(OCc2cccc3ccccc23)cc1. The lowest BCUT2D eigenvalue weighted by Gasteiger charge is -2.09. The predicted molar refractivity (Wildman–Crippen MR) is 86.1 cm³/mol. The molecule has 1 N–H and O–H groups in total. The van der Waals surface area contributed by atoms with Gasteiger partial charge in [-0.2, -0.15) is 0 Å². The summed E-state index contributed by atoms with van der Waals surface area (Å²) in [5.74, 6) is -0.0912. The van der Waals surface area contributed by atoms with Crippen molar-refractivity contribution in [2.24, 2.45) is 0 Å². The van der Waals surface area contributed by atoms with Crippen LogP contribution in [0.3, 0.4) is 0 Å². The minimum atomic E-state index is -0.829. The Bertz CT molecular complexity index is 786. The Morgan fingerprint density at radius 3 is 2.41 bits per heavy atom. The van der Waals surface area contributed by atoms with E-state index in [1.807, 2.05) is 30.3 Å². The molecular formula is C19H16O3. The molecule has 3 nitrogen and oxygen atoms in total. The highest BCUT2D eigenvalue weighted by molar-refractivity contribution is 5.85. The molecule has 0 unspecified atom stereocenters. The fourth-order valence-corrected chi connectivity index (χ4v) is 2.46. The number of rotatable bonds is 5. The lowest BCUT2D eigenvalue weighted by molar-refractivity contribution is -0.136. The Morgan fingerprint density at radius 2 is 1.64 bits per heavy atom. The number of benzene rings is 3. The summed E-state index contributed by atoms with van der Waals surface area (Å²) < 4.78 is 5.81. The van der Waals surface area contributed by atoms with Gasteiger partial charge in [0.2, 0.25) is 0 Å². The summed E-state index contributed by atoms with van der Waals surface area (Å²) in [5, 5.41) is 11.1. The van der Waals surface area contributed by atoms with Crippen molar-refractivity contribution in [1.82, 2.24) is 0 Å². The van der Waals surface area contributed by atoms with Crippen molar-refractivity contribution < 1.29 is 14.6 Å². The second kappa shape index (κ2) is 6.31. The van der Waals surface area contributed by atoms with Crippen molar-refractivity contribution in [2.45, 2.75) is 13.0 Å². The fraction of sp³-hybridized carbons (Fsp3) is 0.105. The Kier molecular flexibility index (Phi) is 4.05. The zero-order valence-corrected chi connectivity index (χ0v) is 12.0. The second-order valence-electron chi connectivity index (χ2n) is 5.14. The van der Waals surface area contributed by atoms with Gasteiger partial charge in [-0.05, 0) is 34.0 Å². The van der Waals surface area contributed by atoms with Crippen LogP contribution in [0, 0.1) is 0 Å². The molecule has 0 saturated heterocycles. The molecule has 0 saturated carbocycles. The molecule has 0 spiro atoms. The van der Waals surface area contributed by atoms with Crippen molar-refractivity contribution in [1.29, 1.82) is 0 Å². The molecule has 0 bridgehead atoms. The third-order valence-electron chi connectivity index (χ3n) is 3.55. The van der Waals surface area contributed by atoms with Gasteiger partial charge >= 0.3 is 5.97 Å². The number of carbonyl (C=O) groups is 1. The van der Waals surface area contributed by atoms with E-state index in [1.54, 1.807) is 12.1 Å². The van der Waals surface area contributed by atoms with Crippen LogP contribution in [0.4, 0.5) is 0 Å². The van der Waals surface area contributed by atoms with Crippen molar-refractivity contribution in [2.75, 3.05) is 0 Å². The van der Waals surface area contributed by atoms with Crippen molar-refractivity contribution in [3.63, 3.8) is 0 Å². The summed E-state index contributed by atoms with van der Waals surface area (Å²) in [4.78, 5) is 10.7. The minimum absolute atomic E-state index is 0.0314. The van der Waals surface area contributed by atoms with Gasteiger partial charge in [-0.3, -0.25) is 4.79 Å². The standard InChI is InChI=1S/C19H16O3/c20-19(21)12-14-8-10-17(11-9-14)22-13-16-6-3-5-15-4-1-2-7-18(15)16/h1-11H,12-13H2,(H,20,21). The summed E-state index contributed by atoms with van der Waals surface area (Å²) in [7, 11) is 0. The van der Waals surface area contributed by atoms with Crippen LogP contribution in [0.15, 0.2) is 66.7 Å². The number of hydrogen-bond acceptors (Lipinski definition) is 2. The highest BCUT2D eigenvalue weighted by Crippen LogP contribution is 2.21. The van der Waals surface area contributed by atoms with Gasteiger partial charge in [-0.15, -0.1) is 0 Å². The van der Waals surface area contributed by atoms with E-state index in [9.17, 15) is 4.79 Å². The molecule has 0 aromatic heterocycles. The topological polar surface area (TPSA) is 46.5 Å². The van der Waals surface area contributed by atoms with Gasteiger partial charge in [0, 0.05) is 0 Å². The van der Waals surface area contributed by atoms with Gasteiger partial charge in [-0.25, -0.2) is 0 Å². The molecule has 0 aliphatic carbocycles. The van der Waals surface area contributed by atoms with Gasteiger partial charge in [0.15, 0.2) is 0 Å². The van der Waals surface area contributed by atoms with Gasteiger partial charge in [0.05, 0.1) is 6.42 Å². The first-order valence-corrected chi connectivity index (χ1v) is 7.12. The monoisotopic (exact) mass is 292 g/mol. The Balaban J connectivity index is 1.72. The van der Waals surface area contributed by atoms with E-state index in [0.29, 0.717) is 6.61 Å². The Labute approximate surface area is 128 Å². The molecule has 0 amide bonds. The number of carboxylic acids is 1. The fourth-order valence-electron chi connectivity index (χ4n) is 2.46. The number of aliphatic carboxylic acids is 1. The molecule has 0 aliphatic heterocycles. The normalized spacial score (nSPS) is 10.5. The first-order chi connectivity index (χ1) is 10.7. The molecule has 0 atom stereocenters. The summed E-state index contributed by atoms with van der Waals surface area (Å²) in [6, 6.07) is 21.6. The molecule has 0 fully saturated rings. The summed E-state index contributed by atoms with van der Waals surface area (Å²) in [6.07, 6.45) is 0.0314. The van der Waals surface area contributed by atoms with Crippen LogP contribution in [0.2, 0.25) is 0 Å². The Hall–Kier alpha value is -2.81. The maximum Gasteiger partial charge on any atom is 0.307 e. The van der Waals surface area contributed by atoms with Crippen molar-refractivity contribution in [3.05, 3.63) is 77.9 Å². The minimum Gasteiger partial charge on any atom is -0.489 e. The van der Waals surface area contributed by atoms with E-state index in [0.717, 1.165) is 16.9 Å². The maximum atomic E-state index is 10.7. The average Bonchev–Trinajstić information content (AvgIpc) is 2.54. The van der Waals surface area contributed by atoms with E-state index in [1.165, 1.54) is 10.8 Å². The average molecular weight is 292 g/mol. The molecule has 3 rings (SSSR count). The summed E-state index contributed by atoms with van der Waals surface area (Å²) >= 11 is 0. The van der Waals surface area contributed by atoms with Crippen LogP contribution in [0.1, 0.15) is 11.1 Å². The van der Waals surface area contributed by atoms with Gasteiger partial charge < -0.3 is 9.84 Å². The largest absolute Gasteiger partial charge is 0.489 e. The van der Waals surface area contributed by atoms with E-state index in [-0.39, 0.29) is 6.42 Å². The van der Waals surface area contributed by atoms with Crippen LogP contribution in [-0.2, 0) is 17.8 Å². The van der Waals surface area contributed by atoms with Crippen molar-refractivity contribution >= 4 is 16.7 Å². The number of ether oxygens (including phenoxy) is 1. The molecule has 0 radical (unpaired) electrons. The van der Waals surface area contributed by atoms with E-state index in [4.69, 9.17) is 9.84 Å². The van der Waals surface area contributed by atoms with Crippen LogP contribution in [0.5, 0.6) is 5.75 Å². The number of fused-ring (bicyclic) bond motifs is 1. The van der Waals surface area contributed by atoms with Gasteiger partial charge in [0.25, 0.3) is 0 Å². The van der Waals surface area contributed by atoms with Crippen LogP contribution in [0.25, 0.3) is 10.8 Å². The van der Waals surface area contributed by atoms with Gasteiger partial charge in [0.1, 0.15) is 12.4 Å². The molecular weight excluding hydrogens is 276 g/mol. The molecule has 0 heterocycles. The van der Waals surface area contributed by atoms with Crippen LogP contribution >= 0.6 is 0 Å². The van der Waals surface area contributed by atoms with Crippen molar-refractivity contribution in [3.8, 4) is 5.75 Å². The highest BCUT2D eigenvalue weighted by atomic mass is 16.5. The van der Waals surface area contributed by atoms with E-state index >= 15 is 0 Å². The highest BCUT2D eigenvalue weighted by Gasteiger charge is 2.03. The number of hydrogen-bond donors (Lipinski definition) is 1. The zero-order chi connectivity index (χ0) is 15.4. The maximum absolute atomic E-state index is 10.7. The summed E-state index contributed by atoms with van der Waals surface area (Å²) in [5.41, 5.74) is 1.90. The van der Waals surface area contributed by atoms with Crippen LogP contribution < -0.4 is 4.74 Å². The smallest absolute Gasteiger partial charge is 0.307 e. The predicted octanol–water partition coefficient (Wildman–Crippen LogP) is 4.05. The first kappa shape index (κ1) is 14.1. The van der Waals surface area contributed by atoms with Gasteiger partial charge in [-0.1, -0.05) is 54.6 Å². The first-order valence-electron chi connectivity index (χ1n) is 7.12. The third-order valence-corrected chi connectivity index (χ3v) is 3.55. The quantitative estimate of drug-likeness (QED) is 0.771. The molecule has 0 aliphatic rings. The Morgan fingerprint density at radius 1 is 0.909 bits per heavy atom. The molecule has 3 aromatic carbocycles. The molecule has 110 valence electrons. The van der Waals surface area contributed by atoms with E-state index in [2.05, 4.69) is 24.3 Å². The third kappa shape index (κ3) is 3.26.